The van der Waals surface area contributed by atoms with Crippen molar-refractivity contribution in [2.24, 2.45) is 0 Å². The summed E-state index contributed by atoms with van der Waals surface area (Å²) >= 11 is 0. The van der Waals surface area contributed by atoms with Gasteiger partial charge in [-0.05, 0) is 25.1 Å². The molecule has 2 rings (SSSR count). The van der Waals surface area contributed by atoms with Gasteiger partial charge in [-0.1, -0.05) is 0 Å². The van der Waals surface area contributed by atoms with E-state index < -0.39 is 0 Å². The van der Waals surface area contributed by atoms with Crippen molar-refractivity contribution in [2.75, 3.05) is 18.4 Å². The molecule has 0 saturated heterocycles. The fraction of sp³-hybridized carbons (Fsp3) is 0.273. The van der Waals surface area contributed by atoms with Crippen molar-refractivity contribution in [1.82, 2.24) is 15.3 Å². The van der Waals surface area contributed by atoms with Crippen molar-refractivity contribution >= 4 is 22.9 Å². The summed E-state index contributed by atoms with van der Waals surface area (Å²) in [6, 6.07) is 4.29. The van der Waals surface area contributed by atoms with Gasteiger partial charge in [0.1, 0.15) is 5.82 Å². The lowest BCUT2D eigenvalue weighted by molar-refractivity contribution is -0.119. The zero-order chi connectivity index (χ0) is 12.3. The number of aromatic nitrogens is 2. The van der Waals surface area contributed by atoms with Gasteiger partial charge < -0.3 is 15.6 Å². The fourth-order valence-corrected chi connectivity index (χ4v) is 1.49. The number of nitrogens with zero attached hydrogens (tertiary/aromatic N) is 1. The Bertz CT molecular complexity index is 537. The van der Waals surface area contributed by atoms with E-state index in [0.29, 0.717) is 23.5 Å². The second-order valence-corrected chi connectivity index (χ2v) is 3.55. The van der Waals surface area contributed by atoms with Crippen LogP contribution in [0.1, 0.15) is 6.92 Å². The molecule has 0 fully saturated rings. The Morgan fingerprint density at radius 2 is 2.35 bits per heavy atom. The van der Waals surface area contributed by atoms with Gasteiger partial charge in [-0.2, -0.15) is 0 Å². The lowest BCUT2D eigenvalue weighted by atomic mass is 10.3. The van der Waals surface area contributed by atoms with E-state index in [-0.39, 0.29) is 18.3 Å². The fourth-order valence-electron chi connectivity index (χ4n) is 1.49. The van der Waals surface area contributed by atoms with E-state index in [1.807, 2.05) is 6.92 Å². The number of anilines is 1. The summed E-state index contributed by atoms with van der Waals surface area (Å²) in [5.74, 6) is 0.0208. The maximum absolute atomic E-state index is 12.9. The van der Waals surface area contributed by atoms with Crippen LogP contribution in [0, 0.1) is 5.82 Å². The van der Waals surface area contributed by atoms with Gasteiger partial charge in [-0.25, -0.2) is 9.37 Å². The molecule has 0 aliphatic heterocycles. The molecule has 17 heavy (non-hydrogen) atoms. The van der Waals surface area contributed by atoms with Crippen LogP contribution < -0.4 is 10.6 Å². The second-order valence-electron chi connectivity index (χ2n) is 3.55. The Morgan fingerprint density at radius 1 is 1.53 bits per heavy atom. The normalized spacial score (nSPS) is 10.5. The monoisotopic (exact) mass is 236 g/mol. The lowest BCUT2D eigenvalue weighted by Crippen LogP contribution is -2.29. The number of nitrogens with one attached hydrogen (secondary N) is 3. The first-order chi connectivity index (χ1) is 8.19. The van der Waals surface area contributed by atoms with E-state index in [1.54, 1.807) is 6.07 Å². The summed E-state index contributed by atoms with van der Waals surface area (Å²) in [5.41, 5.74) is 1.26. The molecule has 0 atom stereocenters. The number of likely N-dealkylation sites (N-methyl/N-ethyl adjacent to an activating group) is 1. The molecular formula is C11H13FN4O. The third-order valence-corrected chi connectivity index (χ3v) is 2.23. The molecule has 1 aromatic carbocycles. The zero-order valence-electron chi connectivity index (χ0n) is 9.38. The van der Waals surface area contributed by atoms with Crippen molar-refractivity contribution in [3.05, 3.63) is 24.0 Å². The van der Waals surface area contributed by atoms with E-state index in [9.17, 15) is 9.18 Å². The predicted molar refractivity (Wildman–Crippen MR) is 63.2 cm³/mol. The number of carbonyl (C=O) groups excluding carboxylic acids is 1. The first-order valence-electron chi connectivity index (χ1n) is 5.35. The Labute approximate surface area is 97.4 Å². The molecule has 0 saturated carbocycles. The molecule has 0 aliphatic rings. The molecular weight excluding hydrogens is 223 g/mol. The van der Waals surface area contributed by atoms with Crippen LogP contribution in [-0.2, 0) is 4.79 Å². The van der Waals surface area contributed by atoms with Crippen LogP contribution in [0.15, 0.2) is 18.2 Å². The summed E-state index contributed by atoms with van der Waals surface area (Å²) in [6.45, 7) is 2.57. The van der Waals surface area contributed by atoms with Crippen molar-refractivity contribution < 1.29 is 9.18 Å². The number of halogens is 1. The highest BCUT2D eigenvalue weighted by molar-refractivity contribution is 5.81. The van der Waals surface area contributed by atoms with Crippen LogP contribution in [0.25, 0.3) is 11.0 Å². The Hall–Kier alpha value is -2.11. The maximum Gasteiger partial charge on any atom is 0.239 e. The van der Waals surface area contributed by atoms with Gasteiger partial charge in [0.25, 0.3) is 0 Å². The zero-order valence-corrected chi connectivity index (χ0v) is 9.38. The summed E-state index contributed by atoms with van der Waals surface area (Å²) < 4.78 is 12.9. The number of amides is 1. The van der Waals surface area contributed by atoms with Crippen LogP contribution in [0.2, 0.25) is 0 Å². The number of aromatic amines is 1. The number of fused-ring (bicyclic) bond motifs is 1. The van der Waals surface area contributed by atoms with Gasteiger partial charge in [0, 0.05) is 6.54 Å². The second kappa shape index (κ2) is 4.82. The maximum atomic E-state index is 12.9. The Kier molecular flexibility index (Phi) is 3.22. The van der Waals surface area contributed by atoms with Crippen molar-refractivity contribution in [2.45, 2.75) is 6.92 Å². The molecule has 3 N–H and O–H groups in total. The molecule has 0 aliphatic carbocycles. The molecule has 0 unspecified atom stereocenters. The summed E-state index contributed by atoms with van der Waals surface area (Å²) in [4.78, 5) is 18.3. The average molecular weight is 236 g/mol. The highest BCUT2D eigenvalue weighted by Gasteiger charge is 2.05. The molecule has 0 radical (unpaired) electrons. The molecule has 1 aromatic heterocycles. The predicted octanol–water partition coefficient (Wildman–Crippen LogP) is 1.25. The van der Waals surface area contributed by atoms with Gasteiger partial charge in [0.2, 0.25) is 11.9 Å². The van der Waals surface area contributed by atoms with Crippen LogP contribution in [-0.4, -0.2) is 29.0 Å². The van der Waals surface area contributed by atoms with Gasteiger partial charge >= 0.3 is 0 Å². The topological polar surface area (TPSA) is 69.8 Å². The molecule has 5 nitrogen and oxygen atoms in total. The minimum Gasteiger partial charge on any atom is -0.355 e. The van der Waals surface area contributed by atoms with Gasteiger partial charge in [0.15, 0.2) is 0 Å². The van der Waals surface area contributed by atoms with E-state index in [0.717, 1.165) is 0 Å². The molecule has 0 bridgehead atoms. The van der Waals surface area contributed by atoms with Gasteiger partial charge in [0.05, 0.1) is 17.6 Å². The summed E-state index contributed by atoms with van der Waals surface area (Å²) in [5, 5.41) is 5.49. The number of hydrogen-bond acceptors (Lipinski definition) is 3. The Balaban J connectivity index is 2.07. The molecule has 90 valence electrons. The highest BCUT2D eigenvalue weighted by atomic mass is 19.1. The van der Waals surface area contributed by atoms with E-state index in [1.165, 1.54) is 12.1 Å². The Morgan fingerprint density at radius 3 is 3.12 bits per heavy atom. The first kappa shape index (κ1) is 11.4. The number of imidazole rings is 1. The lowest BCUT2D eigenvalue weighted by Gasteiger charge is -2.02. The molecule has 6 heteroatoms. The van der Waals surface area contributed by atoms with Crippen LogP contribution >= 0.6 is 0 Å². The minimum atomic E-state index is -0.323. The number of hydrogen-bond donors (Lipinski definition) is 3. The van der Waals surface area contributed by atoms with E-state index >= 15 is 0 Å². The number of rotatable bonds is 4. The molecule has 0 spiro atoms. The smallest absolute Gasteiger partial charge is 0.239 e. The first-order valence-corrected chi connectivity index (χ1v) is 5.35. The summed E-state index contributed by atoms with van der Waals surface area (Å²) in [7, 11) is 0. The molecule has 1 amide bonds. The van der Waals surface area contributed by atoms with Crippen LogP contribution in [0.3, 0.4) is 0 Å². The van der Waals surface area contributed by atoms with Crippen molar-refractivity contribution in [1.29, 1.82) is 0 Å². The van der Waals surface area contributed by atoms with Crippen molar-refractivity contribution in [3.8, 4) is 0 Å². The van der Waals surface area contributed by atoms with Crippen LogP contribution in [0.4, 0.5) is 10.3 Å². The third kappa shape index (κ3) is 2.72. The number of carbonyl (C=O) groups is 1. The highest BCUT2D eigenvalue weighted by Crippen LogP contribution is 2.14. The standard InChI is InChI=1S/C11H13FN4O/c1-2-13-10(17)6-14-11-15-8-4-3-7(12)5-9(8)16-11/h3-5H,2,6H2,1H3,(H,13,17)(H2,14,15,16). The van der Waals surface area contributed by atoms with Crippen LogP contribution in [0.5, 0.6) is 0 Å². The van der Waals surface area contributed by atoms with Gasteiger partial charge in [-0.3, -0.25) is 4.79 Å². The number of benzene rings is 1. The molecule has 2 aromatic rings. The minimum absolute atomic E-state index is 0.112. The largest absolute Gasteiger partial charge is 0.355 e. The van der Waals surface area contributed by atoms with E-state index in [2.05, 4.69) is 20.6 Å². The average Bonchev–Trinajstić information content (AvgIpc) is 2.68. The van der Waals surface area contributed by atoms with E-state index in [4.69, 9.17) is 0 Å². The van der Waals surface area contributed by atoms with Crippen molar-refractivity contribution in [3.63, 3.8) is 0 Å². The summed E-state index contributed by atoms with van der Waals surface area (Å²) in [6.07, 6.45) is 0. The third-order valence-electron chi connectivity index (χ3n) is 2.23. The molecule has 1 heterocycles. The quantitative estimate of drug-likeness (QED) is 0.748. The SMILES string of the molecule is CCNC(=O)CNc1nc2ccc(F)cc2[nH]1. The number of H-pyrrole nitrogens is 1. The van der Waals surface area contributed by atoms with Gasteiger partial charge in [-0.15, -0.1) is 0 Å².